The summed E-state index contributed by atoms with van der Waals surface area (Å²) in [5.41, 5.74) is 11.8. The lowest BCUT2D eigenvalue weighted by Gasteiger charge is -2.33. The molecule has 0 aliphatic carbocycles. The van der Waals surface area contributed by atoms with Crippen LogP contribution in [0.5, 0.6) is 0 Å². The Morgan fingerprint density at radius 3 is 1.72 bits per heavy atom. The van der Waals surface area contributed by atoms with E-state index in [1.165, 1.54) is 25.2 Å². The molecule has 2 aliphatic heterocycles. The van der Waals surface area contributed by atoms with Crippen LogP contribution in [0.2, 0.25) is 0 Å². The maximum absolute atomic E-state index is 12.6. The molecule has 0 radical (unpaired) electrons. The molecular weight excluding hydrogens is 471 g/mol. The topological polar surface area (TPSA) is 160 Å². The lowest BCUT2D eigenvalue weighted by molar-refractivity contribution is -0.387. The molecule has 2 aromatic rings. The number of likely N-dealkylation sites (N-methyl/N-ethyl adjacent to an activating group) is 2. The lowest BCUT2D eigenvalue weighted by atomic mass is 10.2. The zero-order chi connectivity index (χ0) is 26.0. The van der Waals surface area contributed by atoms with Crippen LogP contribution in [0.3, 0.4) is 0 Å². The van der Waals surface area contributed by atoms with Crippen molar-refractivity contribution in [2.45, 2.75) is 7.43 Å². The van der Waals surface area contributed by atoms with Crippen molar-refractivity contribution in [2.24, 2.45) is 0 Å². The predicted octanol–water partition coefficient (Wildman–Crippen LogP) is 2.40. The number of nitrogens with zero attached hydrogens (tertiary/aromatic N) is 5. The summed E-state index contributed by atoms with van der Waals surface area (Å²) in [7, 11) is 4.20. The highest BCUT2D eigenvalue weighted by Crippen LogP contribution is 2.30. The summed E-state index contributed by atoms with van der Waals surface area (Å²) in [5.74, 6) is -0.907. The number of benzene rings is 2. The summed E-state index contributed by atoms with van der Waals surface area (Å²) in [6.07, 6.45) is 0. The van der Waals surface area contributed by atoms with Crippen molar-refractivity contribution in [1.29, 1.82) is 0 Å². The van der Waals surface area contributed by atoms with E-state index in [-0.39, 0.29) is 23.7 Å². The van der Waals surface area contributed by atoms with Gasteiger partial charge in [-0.2, -0.15) is 4.39 Å². The molecule has 5 N–H and O–H groups in total. The van der Waals surface area contributed by atoms with Crippen molar-refractivity contribution in [3.05, 3.63) is 62.4 Å². The third kappa shape index (κ3) is 9.60. The van der Waals surface area contributed by atoms with Crippen LogP contribution < -0.4 is 21.7 Å². The first-order chi connectivity index (χ1) is 16.6. The summed E-state index contributed by atoms with van der Waals surface area (Å²) < 4.78 is 12.6. The summed E-state index contributed by atoms with van der Waals surface area (Å²) in [6.45, 7) is 8.15. The van der Waals surface area contributed by atoms with Crippen LogP contribution in [-0.4, -0.2) is 86.1 Å². The van der Waals surface area contributed by atoms with Crippen molar-refractivity contribution in [1.82, 2.24) is 15.1 Å². The summed E-state index contributed by atoms with van der Waals surface area (Å²) in [4.78, 5) is 26.4. The lowest BCUT2D eigenvalue weighted by Crippen LogP contribution is -2.44. The first-order valence-electron chi connectivity index (χ1n) is 11.1. The molecule has 0 bridgehead atoms. The van der Waals surface area contributed by atoms with Crippen molar-refractivity contribution >= 4 is 28.4 Å². The predicted molar refractivity (Wildman–Crippen MR) is 142 cm³/mol. The minimum Gasteiger partial charge on any atom is -0.399 e. The van der Waals surface area contributed by atoms with Gasteiger partial charge in [0.15, 0.2) is 0 Å². The Bertz CT molecular complexity index is 996. The number of nitro benzene ring substituents is 2. The molecular formula is C23H37FN8O4. The van der Waals surface area contributed by atoms with E-state index in [0.29, 0.717) is 11.4 Å². The first-order valence-corrected chi connectivity index (χ1v) is 11.1. The van der Waals surface area contributed by atoms with Gasteiger partial charge >= 0.3 is 5.69 Å². The van der Waals surface area contributed by atoms with Gasteiger partial charge in [-0.1, -0.05) is 7.43 Å². The molecule has 0 spiro atoms. The number of halogens is 1. The molecule has 0 aromatic heterocycles. The second-order valence-electron chi connectivity index (χ2n) is 8.32. The molecule has 0 atom stereocenters. The van der Waals surface area contributed by atoms with E-state index < -0.39 is 16.4 Å². The molecule has 2 aliphatic rings. The zero-order valence-corrected chi connectivity index (χ0v) is 20.0. The maximum Gasteiger partial charge on any atom is 0.304 e. The van der Waals surface area contributed by atoms with Gasteiger partial charge in [0.1, 0.15) is 5.69 Å². The first kappa shape index (κ1) is 30.5. The van der Waals surface area contributed by atoms with Gasteiger partial charge in [-0.05, 0) is 32.3 Å². The fraction of sp³-hybridized carbons (Fsp3) is 0.478. The van der Waals surface area contributed by atoms with E-state index in [2.05, 4.69) is 22.2 Å². The molecule has 4 rings (SSSR count). The van der Waals surface area contributed by atoms with Gasteiger partial charge in [0.2, 0.25) is 5.82 Å². The van der Waals surface area contributed by atoms with Gasteiger partial charge in [0.25, 0.3) is 5.69 Å². The van der Waals surface area contributed by atoms with Crippen LogP contribution in [0, 0.1) is 26.0 Å². The van der Waals surface area contributed by atoms with E-state index in [1.54, 1.807) is 12.1 Å². The molecule has 200 valence electrons. The van der Waals surface area contributed by atoms with Gasteiger partial charge in [-0.3, -0.25) is 20.2 Å². The average molecular weight is 509 g/mol. The molecule has 2 heterocycles. The maximum atomic E-state index is 12.6. The molecule has 12 nitrogen and oxygen atoms in total. The monoisotopic (exact) mass is 508 g/mol. The number of rotatable bonds is 3. The van der Waals surface area contributed by atoms with Gasteiger partial charge in [0, 0.05) is 81.9 Å². The van der Waals surface area contributed by atoms with E-state index in [1.807, 2.05) is 11.9 Å². The van der Waals surface area contributed by atoms with Crippen LogP contribution in [0.15, 0.2) is 36.4 Å². The van der Waals surface area contributed by atoms with Crippen LogP contribution in [-0.2, 0) is 0 Å². The molecule has 13 heteroatoms. The van der Waals surface area contributed by atoms with Crippen molar-refractivity contribution < 1.29 is 14.2 Å². The summed E-state index contributed by atoms with van der Waals surface area (Å²) in [5, 5.41) is 24.3. The number of nitrogens with one attached hydrogen (secondary N) is 1. The number of nitrogen functional groups attached to an aromatic ring is 2. The fourth-order valence-electron chi connectivity index (χ4n) is 3.44. The SMILES string of the molecule is C.CN1CCN(c2cc(N)ccc2[N+](=O)[O-])CC1.CN1CCNCC1.Nc1ccc([N+](=O)[O-])c(F)c1. The van der Waals surface area contributed by atoms with Gasteiger partial charge < -0.3 is 31.5 Å². The smallest absolute Gasteiger partial charge is 0.304 e. The molecule has 2 fully saturated rings. The summed E-state index contributed by atoms with van der Waals surface area (Å²) >= 11 is 0. The third-order valence-corrected chi connectivity index (χ3v) is 5.55. The highest BCUT2D eigenvalue weighted by Gasteiger charge is 2.22. The van der Waals surface area contributed by atoms with E-state index in [4.69, 9.17) is 11.5 Å². The van der Waals surface area contributed by atoms with Crippen molar-refractivity contribution in [3.8, 4) is 0 Å². The Labute approximate surface area is 210 Å². The Kier molecular flexibility index (Phi) is 12.5. The summed E-state index contributed by atoms with van der Waals surface area (Å²) in [6, 6.07) is 7.95. The molecule has 2 aromatic carbocycles. The second-order valence-corrected chi connectivity index (χ2v) is 8.32. The van der Waals surface area contributed by atoms with Crippen LogP contribution in [0.25, 0.3) is 0 Å². The average Bonchev–Trinajstić information content (AvgIpc) is 2.80. The van der Waals surface area contributed by atoms with Crippen LogP contribution in [0.4, 0.5) is 32.8 Å². The van der Waals surface area contributed by atoms with E-state index in [0.717, 1.165) is 51.4 Å². The Morgan fingerprint density at radius 1 is 0.806 bits per heavy atom. The number of hydrogen-bond acceptors (Lipinski definition) is 10. The normalized spacial score (nSPS) is 15.9. The highest BCUT2D eigenvalue weighted by molar-refractivity contribution is 5.68. The second kappa shape index (κ2) is 14.8. The molecule has 0 unspecified atom stereocenters. The van der Waals surface area contributed by atoms with Crippen molar-refractivity contribution in [2.75, 3.05) is 82.8 Å². The standard InChI is InChI=1S/C11H16N4O2.C6H5FN2O2.C5H12N2.CH4/c1-13-4-6-14(7-5-13)11-8-9(12)2-3-10(11)15(16)17;7-5-3-4(8)1-2-6(5)9(10)11;1-7-4-2-6-3-5-7;/h2-3,8H,4-7,12H2,1H3;1-3H,8H2;6H,2-5H2,1H3;1H4. The number of nitrogens with two attached hydrogens (primary N) is 2. The van der Waals surface area contributed by atoms with Gasteiger partial charge in [-0.25, -0.2) is 0 Å². The minimum atomic E-state index is -0.907. The van der Waals surface area contributed by atoms with Crippen molar-refractivity contribution in [3.63, 3.8) is 0 Å². The minimum absolute atomic E-state index is 0. The Balaban J connectivity index is 0.000000293. The van der Waals surface area contributed by atoms with E-state index in [9.17, 15) is 24.6 Å². The number of anilines is 3. The Hall–Kier alpha value is -3.55. The van der Waals surface area contributed by atoms with Crippen LogP contribution >= 0.6 is 0 Å². The van der Waals surface area contributed by atoms with Gasteiger partial charge in [-0.15, -0.1) is 0 Å². The van der Waals surface area contributed by atoms with Gasteiger partial charge in [0.05, 0.1) is 9.85 Å². The van der Waals surface area contributed by atoms with Crippen LogP contribution in [0.1, 0.15) is 7.43 Å². The van der Waals surface area contributed by atoms with E-state index >= 15 is 0 Å². The quantitative estimate of drug-likeness (QED) is 0.319. The number of piperazine rings is 2. The molecule has 0 amide bonds. The number of nitro groups is 2. The molecule has 0 saturated carbocycles. The zero-order valence-electron chi connectivity index (χ0n) is 20.0. The number of hydrogen-bond donors (Lipinski definition) is 3. The third-order valence-electron chi connectivity index (χ3n) is 5.55. The molecule has 2 saturated heterocycles. The highest BCUT2D eigenvalue weighted by atomic mass is 19.1. The Morgan fingerprint density at radius 2 is 1.28 bits per heavy atom. The molecule has 36 heavy (non-hydrogen) atoms. The largest absolute Gasteiger partial charge is 0.399 e. The fourth-order valence-corrected chi connectivity index (χ4v) is 3.44.